The van der Waals surface area contributed by atoms with Crippen molar-refractivity contribution >= 4 is 28.8 Å². The summed E-state index contributed by atoms with van der Waals surface area (Å²) in [5.74, 6) is -0.379. The van der Waals surface area contributed by atoms with E-state index in [1.54, 1.807) is 34.5 Å². The Kier molecular flexibility index (Phi) is 5.19. The molecule has 1 aliphatic heterocycles. The summed E-state index contributed by atoms with van der Waals surface area (Å²) in [5, 5.41) is 5.13. The first-order valence-corrected chi connectivity index (χ1v) is 8.48. The van der Waals surface area contributed by atoms with Crippen LogP contribution in [0.2, 0.25) is 0 Å². The lowest BCUT2D eigenvalue weighted by Gasteiger charge is -2.27. The van der Waals surface area contributed by atoms with E-state index in [9.17, 15) is 9.59 Å². The molecule has 24 heavy (non-hydrogen) atoms. The molecule has 3 rings (SSSR count). The van der Waals surface area contributed by atoms with E-state index in [0.29, 0.717) is 54.8 Å². The van der Waals surface area contributed by atoms with Gasteiger partial charge in [-0.05, 0) is 18.2 Å². The van der Waals surface area contributed by atoms with Crippen LogP contribution in [0.4, 0.5) is 5.69 Å². The van der Waals surface area contributed by atoms with E-state index in [1.165, 1.54) is 11.3 Å². The summed E-state index contributed by atoms with van der Waals surface area (Å²) in [4.78, 5) is 30.6. The van der Waals surface area contributed by atoms with Gasteiger partial charge in [0.05, 0.1) is 13.2 Å². The molecule has 8 heteroatoms. The molecule has 126 valence electrons. The average molecular weight is 346 g/mol. The fourth-order valence-corrected chi connectivity index (χ4v) is 3.04. The Balaban J connectivity index is 1.70. The summed E-state index contributed by atoms with van der Waals surface area (Å²) in [7, 11) is 0. The SMILES string of the molecule is NCc1nc(C(=O)Nc2cccc(C(=O)N3CCOCC3)c2)cs1. The first-order chi connectivity index (χ1) is 11.7. The van der Waals surface area contributed by atoms with Crippen molar-refractivity contribution in [3.8, 4) is 0 Å². The second kappa shape index (κ2) is 7.52. The Labute approximate surface area is 143 Å². The first-order valence-electron chi connectivity index (χ1n) is 7.60. The molecule has 2 aromatic rings. The number of rotatable bonds is 4. The highest BCUT2D eigenvalue weighted by Crippen LogP contribution is 2.16. The number of nitrogens with one attached hydrogen (secondary N) is 1. The maximum absolute atomic E-state index is 12.5. The number of carbonyl (C=O) groups excluding carboxylic acids is 2. The van der Waals surface area contributed by atoms with Crippen LogP contribution in [0, 0.1) is 0 Å². The van der Waals surface area contributed by atoms with Gasteiger partial charge in [-0.25, -0.2) is 4.98 Å². The maximum Gasteiger partial charge on any atom is 0.275 e. The second-order valence-corrected chi connectivity index (χ2v) is 6.21. The zero-order valence-electron chi connectivity index (χ0n) is 13.0. The van der Waals surface area contributed by atoms with Crippen LogP contribution in [-0.4, -0.2) is 48.0 Å². The van der Waals surface area contributed by atoms with Crippen molar-refractivity contribution in [3.63, 3.8) is 0 Å². The Bertz CT molecular complexity index is 740. The van der Waals surface area contributed by atoms with E-state index in [0.717, 1.165) is 0 Å². The van der Waals surface area contributed by atoms with Crippen molar-refractivity contribution in [1.82, 2.24) is 9.88 Å². The molecule has 0 saturated carbocycles. The van der Waals surface area contributed by atoms with Crippen LogP contribution in [-0.2, 0) is 11.3 Å². The van der Waals surface area contributed by atoms with Gasteiger partial charge in [-0.3, -0.25) is 9.59 Å². The number of nitrogens with zero attached hydrogens (tertiary/aromatic N) is 2. The number of hydrogen-bond donors (Lipinski definition) is 2. The molecule has 0 atom stereocenters. The van der Waals surface area contributed by atoms with Crippen LogP contribution in [0.5, 0.6) is 0 Å². The molecular weight excluding hydrogens is 328 g/mol. The van der Waals surface area contributed by atoms with Crippen LogP contribution < -0.4 is 11.1 Å². The predicted molar refractivity (Wildman–Crippen MR) is 91.1 cm³/mol. The van der Waals surface area contributed by atoms with Gasteiger partial charge < -0.3 is 20.7 Å². The van der Waals surface area contributed by atoms with Crippen molar-refractivity contribution in [3.05, 3.63) is 45.9 Å². The van der Waals surface area contributed by atoms with Gasteiger partial charge in [0.2, 0.25) is 0 Å². The van der Waals surface area contributed by atoms with Gasteiger partial charge >= 0.3 is 0 Å². The molecule has 0 bridgehead atoms. The molecule has 2 heterocycles. The number of thiazole rings is 1. The molecule has 1 aromatic carbocycles. The topological polar surface area (TPSA) is 97.5 Å². The summed E-state index contributed by atoms with van der Waals surface area (Å²) >= 11 is 1.35. The number of carbonyl (C=O) groups is 2. The Hall–Kier alpha value is -2.29. The van der Waals surface area contributed by atoms with Crippen molar-refractivity contribution in [2.75, 3.05) is 31.6 Å². The number of hydrogen-bond acceptors (Lipinski definition) is 6. The van der Waals surface area contributed by atoms with E-state index in [4.69, 9.17) is 10.5 Å². The van der Waals surface area contributed by atoms with E-state index < -0.39 is 0 Å². The molecule has 3 N–H and O–H groups in total. The number of anilines is 1. The number of benzene rings is 1. The molecule has 1 saturated heterocycles. The second-order valence-electron chi connectivity index (χ2n) is 5.27. The van der Waals surface area contributed by atoms with Crippen LogP contribution in [0.15, 0.2) is 29.6 Å². The smallest absolute Gasteiger partial charge is 0.275 e. The first kappa shape index (κ1) is 16.6. The lowest BCUT2D eigenvalue weighted by molar-refractivity contribution is 0.0303. The lowest BCUT2D eigenvalue weighted by Crippen LogP contribution is -2.40. The monoisotopic (exact) mass is 346 g/mol. The van der Waals surface area contributed by atoms with Gasteiger partial charge in [0, 0.05) is 36.3 Å². The molecule has 0 aliphatic carbocycles. The third-order valence-electron chi connectivity index (χ3n) is 3.62. The van der Waals surface area contributed by atoms with Gasteiger partial charge in [0.25, 0.3) is 11.8 Å². The number of morpholine rings is 1. The number of ether oxygens (including phenoxy) is 1. The summed E-state index contributed by atoms with van der Waals surface area (Å²) in [6.45, 7) is 2.57. The molecule has 0 radical (unpaired) electrons. The summed E-state index contributed by atoms with van der Waals surface area (Å²) in [6, 6.07) is 6.90. The van der Waals surface area contributed by atoms with E-state index in [-0.39, 0.29) is 11.8 Å². The van der Waals surface area contributed by atoms with E-state index in [1.807, 2.05) is 0 Å². The van der Waals surface area contributed by atoms with Crippen LogP contribution in [0.25, 0.3) is 0 Å². The van der Waals surface area contributed by atoms with Crippen LogP contribution in [0.1, 0.15) is 25.9 Å². The van der Waals surface area contributed by atoms with Gasteiger partial charge in [0.15, 0.2) is 0 Å². The zero-order valence-corrected chi connectivity index (χ0v) is 13.8. The fraction of sp³-hybridized carbons (Fsp3) is 0.312. The van der Waals surface area contributed by atoms with Gasteiger partial charge in [-0.1, -0.05) is 6.07 Å². The van der Waals surface area contributed by atoms with Crippen LogP contribution >= 0.6 is 11.3 Å². The van der Waals surface area contributed by atoms with E-state index in [2.05, 4.69) is 10.3 Å². The third kappa shape index (κ3) is 3.78. The fourth-order valence-electron chi connectivity index (χ4n) is 2.38. The minimum atomic E-state index is -0.318. The summed E-state index contributed by atoms with van der Waals surface area (Å²) in [6.07, 6.45) is 0. The molecule has 1 fully saturated rings. The van der Waals surface area contributed by atoms with Gasteiger partial charge in [0.1, 0.15) is 10.7 Å². The Morgan fingerprint density at radius 2 is 2.12 bits per heavy atom. The quantitative estimate of drug-likeness (QED) is 0.870. The number of amides is 2. The maximum atomic E-state index is 12.5. The molecule has 7 nitrogen and oxygen atoms in total. The van der Waals surface area contributed by atoms with Gasteiger partial charge in [-0.15, -0.1) is 11.3 Å². The van der Waals surface area contributed by atoms with Crippen LogP contribution in [0.3, 0.4) is 0 Å². The van der Waals surface area contributed by atoms with Gasteiger partial charge in [-0.2, -0.15) is 0 Å². The Morgan fingerprint density at radius 3 is 2.83 bits per heavy atom. The molecule has 2 amide bonds. The summed E-state index contributed by atoms with van der Waals surface area (Å²) in [5.41, 5.74) is 6.92. The highest BCUT2D eigenvalue weighted by atomic mass is 32.1. The van der Waals surface area contributed by atoms with Crippen molar-refractivity contribution in [2.45, 2.75) is 6.54 Å². The molecule has 0 unspecified atom stereocenters. The molecule has 1 aliphatic rings. The largest absolute Gasteiger partial charge is 0.378 e. The zero-order chi connectivity index (χ0) is 16.9. The van der Waals surface area contributed by atoms with E-state index >= 15 is 0 Å². The molecule has 1 aromatic heterocycles. The molecular formula is C16H18N4O3S. The predicted octanol–water partition coefficient (Wildman–Crippen LogP) is 1.33. The number of aromatic nitrogens is 1. The highest BCUT2D eigenvalue weighted by molar-refractivity contribution is 7.09. The lowest BCUT2D eigenvalue weighted by atomic mass is 10.1. The highest BCUT2D eigenvalue weighted by Gasteiger charge is 2.19. The minimum Gasteiger partial charge on any atom is -0.378 e. The molecule has 0 spiro atoms. The summed E-state index contributed by atoms with van der Waals surface area (Å²) < 4.78 is 5.26. The third-order valence-corrected chi connectivity index (χ3v) is 4.50. The normalized spacial score (nSPS) is 14.5. The van der Waals surface area contributed by atoms with Crippen molar-refractivity contribution in [1.29, 1.82) is 0 Å². The van der Waals surface area contributed by atoms with Crippen molar-refractivity contribution in [2.24, 2.45) is 5.73 Å². The van der Waals surface area contributed by atoms with Crippen molar-refractivity contribution < 1.29 is 14.3 Å². The minimum absolute atomic E-state index is 0.0616. The Morgan fingerprint density at radius 1 is 1.33 bits per heavy atom. The number of nitrogens with two attached hydrogens (primary N) is 1. The average Bonchev–Trinajstić information content (AvgIpc) is 3.11. The standard InChI is InChI=1S/C16H18N4O3S/c17-9-14-19-13(10-24-14)15(21)18-12-3-1-2-11(8-12)16(22)20-4-6-23-7-5-20/h1-3,8,10H,4-7,9,17H2,(H,18,21).